The van der Waals surface area contributed by atoms with E-state index in [0.29, 0.717) is 5.88 Å². The van der Waals surface area contributed by atoms with Gasteiger partial charge in [-0.2, -0.15) is 11.8 Å². The summed E-state index contributed by atoms with van der Waals surface area (Å²) >= 11 is 7.57. The lowest BCUT2D eigenvalue weighted by Crippen LogP contribution is -1.98. The van der Waals surface area contributed by atoms with Gasteiger partial charge < -0.3 is 4.74 Å². The first-order valence-corrected chi connectivity index (χ1v) is 6.56. The molecule has 3 heteroatoms. The number of ether oxygens (including phenoxy) is 1. The van der Waals surface area contributed by atoms with Crippen molar-refractivity contribution >= 4 is 23.4 Å². The fourth-order valence-corrected chi connectivity index (χ4v) is 1.68. The molecule has 0 fully saturated rings. The van der Waals surface area contributed by atoms with E-state index in [2.05, 4.69) is 6.26 Å². The van der Waals surface area contributed by atoms with Crippen molar-refractivity contribution in [3.8, 4) is 5.75 Å². The van der Waals surface area contributed by atoms with E-state index < -0.39 is 0 Å². The molecular formula is C11H15ClOS. The molecule has 0 amide bonds. The van der Waals surface area contributed by atoms with E-state index in [9.17, 15) is 0 Å². The van der Waals surface area contributed by atoms with Gasteiger partial charge in [0.2, 0.25) is 0 Å². The number of alkyl halides is 1. The Morgan fingerprint density at radius 3 is 3.00 bits per heavy atom. The van der Waals surface area contributed by atoms with Gasteiger partial charge in [-0.25, -0.2) is 0 Å². The standard InChI is InChI=1S/C11H15ClOS/c1-14-7-3-6-13-11-5-2-4-10(8-11)9-12/h2,4-5,8H,3,6-7,9H2,1H3. The highest BCUT2D eigenvalue weighted by molar-refractivity contribution is 7.98. The first-order valence-electron chi connectivity index (χ1n) is 4.63. The summed E-state index contributed by atoms with van der Waals surface area (Å²) in [6.07, 6.45) is 3.19. The second kappa shape index (κ2) is 7.02. The van der Waals surface area contributed by atoms with Gasteiger partial charge in [0.15, 0.2) is 0 Å². The van der Waals surface area contributed by atoms with Gasteiger partial charge in [0.25, 0.3) is 0 Å². The maximum absolute atomic E-state index is 5.72. The Balaban J connectivity index is 2.34. The van der Waals surface area contributed by atoms with Crippen LogP contribution in [0.3, 0.4) is 0 Å². The molecule has 0 aliphatic carbocycles. The molecule has 0 saturated carbocycles. The van der Waals surface area contributed by atoms with Crippen molar-refractivity contribution in [1.29, 1.82) is 0 Å². The fourth-order valence-electron chi connectivity index (χ4n) is 1.11. The largest absolute Gasteiger partial charge is 0.494 e. The molecule has 0 atom stereocenters. The summed E-state index contributed by atoms with van der Waals surface area (Å²) in [6.45, 7) is 0.784. The summed E-state index contributed by atoms with van der Waals surface area (Å²) in [4.78, 5) is 0. The molecule has 0 radical (unpaired) electrons. The van der Waals surface area contributed by atoms with Crippen LogP contribution in [0.25, 0.3) is 0 Å². The number of halogens is 1. The van der Waals surface area contributed by atoms with Gasteiger partial charge in [0, 0.05) is 5.88 Å². The minimum atomic E-state index is 0.544. The molecule has 1 aromatic rings. The molecule has 0 spiro atoms. The van der Waals surface area contributed by atoms with Crippen molar-refractivity contribution in [2.45, 2.75) is 12.3 Å². The minimum Gasteiger partial charge on any atom is -0.494 e. The lowest BCUT2D eigenvalue weighted by Gasteiger charge is -2.06. The molecular weight excluding hydrogens is 216 g/mol. The van der Waals surface area contributed by atoms with Gasteiger partial charge in [-0.3, -0.25) is 0 Å². The smallest absolute Gasteiger partial charge is 0.119 e. The molecule has 1 aromatic carbocycles. The lowest BCUT2D eigenvalue weighted by atomic mass is 10.2. The minimum absolute atomic E-state index is 0.544. The summed E-state index contributed by atoms with van der Waals surface area (Å²) in [6, 6.07) is 7.94. The molecule has 0 aliphatic rings. The Kier molecular flexibility index (Phi) is 5.88. The molecule has 0 N–H and O–H groups in total. The van der Waals surface area contributed by atoms with E-state index in [4.69, 9.17) is 16.3 Å². The number of rotatable bonds is 6. The Labute approximate surface area is 94.8 Å². The van der Waals surface area contributed by atoms with Gasteiger partial charge in [-0.1, -0.05) is 12.1 Å². The normalized spacial score (nSPS) is 10.1. The van der Waals surface area contributed by atoms with Gasteiger partial charge in [-0.15, -0.1) is 11.6 Å². The van der Waals surface area contributed by atoms with Crippen LogP contribution < -0.4 is 4.74 Å². The van der Waals surface area contributed by atoms with Gasteiger partial charge in [0.1, 0.15) is 5.75 Å². The highest BCUT2D eigenvalue weighted by Gasteiger charge is 1.95. The molecule has 0 saturated heterocycles. The van der Waals surface area contributed by atoms with Crippen LogP contribution in [-0.2, 0) is 5.88 Å². The van der Waals surface area contributed by atoms with Crippen molar-refractivity contribution in [3.63, 3.8) is 0 Å². The summed E-state index contributed by atoms with van der Waals surface area (Å²) in [7, 11) is 0. The Morgan fingerprint density at radius 1 is 1.43 bits per heavy atom. The lowest BCUT2D eigenvalue weighted by molar-refractivity contribution is 0.318. The van der Waals surface area contributed by atoms with Crippen LogP contribution in [0.15, 0.2) is 24.3 Å². The van der Waals surface area contributed by atoms with Crippen LogP contribution in [0.1, 0.15) is 12.0 Å². The second-order valence-corrected chi connectivity index (χ2v) is 4.23. The third kappa shape index (κ3) is 4.25. The van der Waals surface area contributed by atoms with Gasteiger partial charge in [-0.05, 0) is 36.1 Å². The summed E-state index contributed by atoms with van der Waals surface area (Å²) < 4.78 is 5.58. The van der Waals surface area contributed by atoms with E-state index in [-0.39, 0.29) is 0 Å². The van der Waals surface area contributed by atoms with Crippen molar-refractivity contribution in [1.82, 2.24) is 0 Å². The topological polar surface area (TPSA) is 9.23 Å². The molecule has 14 heavy (non-hydrogen) atoms. The molecule has 1 rings (SSSR count). The number of hydrogen-bond donors (Lipinski definition) is 0. The molecule has 0 aromatic heterocycles. The first-order chi connectivity index (χ1) is 6.86. The molecule has 0 bridgehead atoms. The average Bonchev–Trinajstić information content (AvgIpc) is 2.25. The van der Waals surface area contributed by atoms with Crippen molar-refractivity contribution in [2.24, 2.45) is 0 Å². The SMILES string of the molecule is CSCCCOc1cccc(CCl)c1. The summed E-state index contributed by atoms with van der Waals surface area (Å²) in [5, 5.41) is 0. The van der Waals surface area contributed by atoms with Crippen LogP contribution in [0, 0.1) is 0 Å². The van der Waals surface area contributed by atoms with E-state index in [0.717, 1.165) is 30.1 Å². The van der Waals surface area contributed by atoms with Crippen molar-refractivity contribution < 1.29 is 4.74 Å². The van der Waals surface area contributed by atoms with Crippen LogP contribution in [0.2, 0.25) is 0 Å². The molecule has 78 valence electrons. The maximum Gasteiger partial charge on any atom is 0.119 e. The average molecular weight is 231 g/mol. The third-order valence-corrected chi connectivity index (χ3v) is 2.82. The molecule has 1 nitrogen and oxygen atoms in total. The molecule has 0 unspecified atom stereocenters. The zero-order valence-corrected chi connectivity index (χ0v) is 9.90. The second-order valence-electron chi connectivity index (χ2n) is 2.98. The van der Waals surface area contributed by atoms with E-state index in [1.165, 1.54) is 0 Å². The summed E-state index contributed by atoms with van der Waals surface area (Å²) in [5.74, 6) is 2.61. The number of thioether (sulfide) groups is 1. The molecule has 0 aliphatic heterocycles. The highest BCUT2D eigenvalue weighted by atomic mass is 35.5. The van der Waals surface area contributed by atoms with Crippen LogP contribution in [-0.4, -0.2) is 18.6 Å². The number of hydrogen-bond acceptors (Lipinski definition) is 2. The summed E-state index contributed by atoms with van der Waals surface area (Å²) in [5.41, 5.74) is 1.11. The Morgan fingerprint density at radius 2 is 2.29 bits per heavy atom. The van der Waals surface area contributed by atoms with Gasteiger partial charge in [0.05, 0.1) is 6.61 Å². The zero-order chi connectivity index (χ0) is 10.2. The fraction of sp³-hybridized carbons (Fsp3) is 0.455. The quantitative estimate of drug-likeness (QED) is 0.546. The van der Waals surface area contributed by atoms with Gasteiger partial charge >= 0.3 is 0 Å². The monoisotopic (exact) mass is 230 g/mol. The van der Waals surface area contributed by atoms with E-state index in [1.54, 1.807) is 0 Å². The highest BCUT2D eigenvalue weighted by Crippen LogP contribution is 2.15. The maximum atomic E-state index is 5.72. The Hall–Kier alpha value is -0.340. The number of benzene rings is 1. The Bertz CT molecular complexity index is 265. The molecule has 0 heterocycles. The van der Waals surface area contributed by atoms with Crippen molar-refractivity contribution in [2.75, 3.05) is 18.6 Å². The van der Waals surface area contributed by atoms with Crippen molar-refractivity contribution in [3.05, 3.63) is 29.8 Å². The first kappa shape index (κ1) is 11.7. The van der Waals surface area contributed by atoms with E-state index >= 15 is 0 Å². The predicted molar refractivity (Wildman–Crippen MR) is 64.5 cm³/mol. The van der Waals surface area contributed by atoms with Crippen LogP contribution >= 0.6 is 23.4 Å². The predicted octanol–water partition coefficient (Wildman–Crippen LogP) is 3.56. The zero-order valence-electron chi connectivity index (χ0n) is 8.33. The van der Waals surface area contributed by atoms with Crippen LogP contribution in [0.4, 0.5) is 0 Å². The van der Waals surface area contributed by atoms with E-state index in [1.807, 2.05) is 36.0 Å². The third-order valence-electron chi connectivity index (χ3n) is 1.81. The van der Waals surface area contributed by atoms with Crippen LogP contribution in [0.5, 0.6) is 5.75 Å².